The van der Waals surface area contributed by atoms with Crippen LogP contribution in [-0.4, -0.2) is 58.6 Å². The molecule has 0 unspecified atom stereocenters. The first kappa shape index (κ1) is 18.9. The smallest absolute Gasteiger partial charge is 0.317 e. The zero-order valence-electron chi connectivity index (χ0n) is 15.9. The molecule has 1 aromatic heterocycles. The molecule has 3 rings (SSSR count). The minimum atomic E-state index is -0.229. The average molecular weight is 371 g/mol. The lowest BCUT2D eigenvalue weighted by Gasteiger charge is -2.18. The van der Waals surface area contributed by atoms with Gasteiger partial charge < -0.3 is 19.6 Å². The Morgan fingerprint density at radius 3 is 2.96 bits per heavy atom. The molecule has 1 aliphatic heterocycles. The fourth-order valence-electron chi connectivity index (χ4n) is 3.16. The molecular weight excluding hydrogens is 346 g/mol. The number of amides is 3. The van der Waals surface area contributed by atoms with Crippen molar-refractivity contribution in [3.63, 3.8) is 0 Å². The third-order valence-corrected chi connectivity index (χ3v) is 4.68. The number of nitrogens with zero attached hydrogens (tertiary/aromatic N) is 4. The first-order chi connectivity index (χ1) is 13.0. The molecule has 27 heavy (non-hydrogen) atoms. The van der Waals surface area contributed by atoms with Gasteiger partial charge >= 0.3 is 6.03 Å². The molecule has 0 radical (unpaired) electrons. The van der Waals surface area contributed by atoms with Crippen LogP contribution in [0.15, 0.2) is 28.8 Å². The number of carbonyl (C=O) groups is 2. The van der Waals surface area contributed by atoms with E-state index in [1.807, 2.05) is 43.0 Å². The van der Waals surface area contributed by atoms with E-state index in [9.17, 15) is 9.59 Å². The molecule has 1 N–H and O–H groups in total. The molecule has 0 saturated carbocycles. The van der Waals surface area contributed by atoms with Crippen LogP contribution in [-0.2, 0) is 11.3 Å². The van der Waals surface area contributed by atoms with Gasteiger partial charge in [0.1, 0.15) is 6.54 Å². The lowest BCUT2D eigenvalue weighted by atomic mass is 10.1. The Morgan fingerprint density at radius 1 is 1.44 bits per heavy atom. The fourth-order valence-corrected chi connectivity index (χ4v) is 3.16. The first-order valence-corrected chi connectivity index (χ1v) is 9.12. The van der Waals surface area contributed by atoms with Crippen molar-refractivity contribution in [3.05, 3.63) is 35.7 Å². The van der Waals surface area contributed by atoms with Crippen LogP contribution in [0.1, 0.15) is 24.8 Å². The number of likely N-dealkylation sites (tertiary alicyclic amines) is 1. The van der Waals surface area contributed by atoms with Crippen molar-refractivity contribution in [1.29, 1.82) is 0 Å². The van der Waals surface area contributed by atoms with Gasteiger partial charge in [0, 0.05) is 44.6 Å². The Hall–Kier alpha value is -2.90. The van der Waals surface area contributed by atoms with Crippen LogP contribution in [0.5, 0.6) is 0 Å². The Bertz CT molecular complexity index is 819. The summed E-state index contributed by atoms with van der Waals surface area (Å²) in [5.74, 6) is 1.19. The van der Waals surface area contributed by atoms with Gasteiger partial charge in [-0.25, -0.2) is 4.79 Å². The van der Waals surface area contributed by atoms with Crippen molar-refractivity contribution in [1.82, 2.24) is 25.3 Å². The molecule has 1 aliphatic rings. The van der Waals surface area contributed by atoms with Crippen LogP contribution in [0.2, 0.25) is 0 Å². The minimum Gasteiger partial charge on any atom is -0.343 e. The van der Waals surface area contributed by atoms with Crippen LogP contribution in [0, 0.1) is 12.8 Å². The first-order valence-electron chi connectivity index (χ1n) is 9.12. The zero-order valence-corrected chi connectivity index (χ0v) is 15.9. The Labute approximate surface area is 158 Å². The number of carbonyl (C=O) groups excluding carboxylic acids is 2. The molecule has 0 aliphatic carbocycles. The quantitative estimate of drug-likeness (QED) is 0.839. The van der Waals surface area contributed by atoms with Gasteiger partial charge in [0.2, 0.25) is 17.6 Å². The summed E-state index contributed by atoms with van der Waals surface area (Å²) in [5.41, 5.74) is 1.99. The molecule has 0 spiro atoms. The van der Waals surface area contributed by atoms with Gasteiger partial charge in [0.15, 0.2) is 0 Å². The monoisotopic (exact) mass is 371 g/mol. The summed E-state index contributed by atoms with van der Waals surface area (Å²) in [5, 5.41) is 6.86. The number of urea groups is 1. The summed E-state index contributed by atoms with van der Waals surface area (Å²) < 4.78 is 5.27. The Kier molecular flexibility index (Phi) is 5.73. The lowest BCUT2D eigenvalue weighted by Crippen LogP contribution is -2.39. The van der Waals surface area contributed by atoms with Crippen LogP contribution in [0.4, 0.5) is 4.79 Å². The van der Waals surface area contributed by atoms with Crippen LogP contribution in [0.3, 0.4) is 0 Å². The van der Waals surface area contributed by atoms with E-state index in [0.717, 1.165) is 11.1 Å². The fraction of sp³-hybridized carbons (Fsp3) is 0.474. The van der Waals surface area contributed by atoms with E-state index in [-0.39, 0.29) is 24.4 Å². The molecule has 2 aromatic rings. The van der Waals surface area contributed by atoms with E-state index in [2.05, 4.69) is 15.5 Å². The molecular formula is C19H25N5O3. The highest BCUT2D eigenvalue weighted by Gasteiger charge is 2.28. The van der Waals surface area contributed by atoms with Crippen LogP contribution >= 0.6 is 0 Å². The van der Waals surface area contributed by atoms with E-state index < -0.39 is 0 Å². The van der Waals surface area contributed by atoms with E-state index >= 15 is 0 Å². The second-order valence-electron chi connectivity index (χ2n) is 6.93. The third-order valence-electron chi connectivity index (χ3n) is 4.68. The third kappa shape index (κ3) is 4.64. The van der Waals surface area contributed by atoms with Crippen LogP contribution in [0.25, 0.3) is 11.4 Å². The van der Waals surface area contributed by atoms with Crippen molar-refractivity contribution >= 4 is 11.9 Å². The number of benzene rings is 1. The summed E-state index contributed by atoms with van der Waals surface area (Å²) in [6, 6.07) is 7.61. The van der Waals surface area contributed by atoms with Gasteiger partial charge in [-0.2, -0.15) is 4.98 Å². The maximum Gasteiger partial charge on any atom is 0.317 e. The number of hydrogen-bond donors (Lipinski definition) is 1. The van der Waals surface area contributed by atoms with E-state index in [4.69, 9.17) is 4.52 Å². The van der Waals surface area contributed by atoms with E-state index in [1.165, 1.54) is 4.90 Å². The molecule has 1 aromatic carbocycles. The predicted molar refractivity (Wildman–Crippen MR) is 99.7 cm³/mol. The number of hydrogen-bond acceptors (Lipinski definition) is 5. The molecule has 0 bridgehead atoms. The Morgan fingerprint density at radius 2 is 2.26 bits per heavy atom. The molecule has 8 heteroatoms. The van der Waals surface area contributed by atoms with Gasteiger partial charge in [0.05, 0.1) is 0 Å². The Balaban J connectivity index is 1.51. The van der Waals surface area contributed by atoms with Crippen LogP contribution < -0.4 is 5.32 Å². The summed E-state index contributed by atoms with van der Waals surface area (Å²) in [4.78, 5) is 31.7. The van der Waals surface area contributed by atoms with Gasteiger partial charge in [-0.15, -0.1) is 0 Å². The number of aryl methyl sites for hydroxylation is 1. The SMILES string of the molecule is CCN1C[C@H](CNC(=O)N(C)Cc2nc(-c3cccc(C)c3)no2)CC1=O. The summed E-state index contributed by atoms with van der Waals surface area (Å²) >= 11 is 0. The predicted octanol–water partition coefficient (Wildman–Crippen LogP) is 2.05. The highest BCUT2D eigenvalue weighted by atomic mass is 16.5. The zero-order chi connectivity index (χ0) is 19.4. The molecule has 8 nitrogen and oxygen atoms in total. The van der Waals surface area contributed by atoms with Gasteiger partial charge in [-0.05, 0) is 19.9 Å². The highest BCUT2D eigenvalue weighted by molar-refractivity contribution is 5.79. The van der Waals surface area contributed by atoms with Gasteiger partial charge in [-0.1, -0.05) is 28.9 Å². The summed E-state index contributed by atoms with van der Waals surface area (Å²) in [6.07, 6.45) is 0.487. The van der Waals surface area contributed by atoms with Crippen molar-refractivity contribution in [3.8, 4) is 11.4 Å². The highest BCUT2D eigenvalue weighted by Crippen LogP contribution is 2.18. The maximum atomic E-state index is 12.3. The second-order valence-corrected chi connectivity index (χ2v) is 6.93. The molecule has 3 amide bonds. The summed E-state index contributed by atoms with van der Waals surface area (Å²) in [7, 11) is 1.67. The molecule has 1 fully saturated rings. The van der Waals surface area contributed by atoms with Crippen molar-refractivity contribution in [2.24, 2.45) is 5.92 Å². The molecule has 1 atom stereocenters. The topological polar surface area (TPSA) is 91.6 Å². The largest absolute Gasteiger partial charge is 0.343 e. The van der Waals surface area contributed by atoms with Gasteiger partial charge in [0.25, 0.3) is 0 Å². The average Bonchev–Trinajstić information content (AvgIpc) is 3.26. The standard InChI is InChI=1S/C19H25N5O3/c1-4-24-11-14(9-17(24)25)10-20-19(26)23(3)12-16-21-18(22-27-16)15-7-5-6-13(2)8-15/h5-8,14H,4,9-12H2,1-3H3,(H,20,26)/t14-/m0/s1. The number of aromatic nitrogens is 2. The van der Waals surface area contributed by atoms with Crippen molar-refractivity contribution in [2.45, 2.75) is 26.8 Å². The maximum absolute atomic E-state index is 12.3. The summed E-state index contributed by atoms with van der Waals surface area (Å²) in [6.45, 7) is 6.06. The second kappa shape index (κ2) is 8.20. The minimum absolute atomic E-state index is 0.152. The van der Waals surface area contributed by atoms with Crippen molar-refractivity contribution in [2.75, 3.05) is 26.7 Å². The van der Waals surface area contributed by atoms with Gasteiger partial charge in [-0.3, -0.25) is 4.79 Å². The number of rotatable bonds is 6. The normalized spacial score (nSPS) is 16.6. The molecule has 1 saturated heterocycles. The molecule has 2 heterocycles. The van der Waals surface area contributed by atoms with E-state index in [1.54, 1.807) is 7.05 Å². The van der Waals surface area contributed by atoms with E-state index in [0.29, 0.717) is 37.8 Å². The number of nitrogens with one attached hydrogen (secondary N) is 1. The van der Waals surface area contributed by atoms with Crippen molar-refractivity contribution < 1.29 is 14.1 Å². The lowest BCUT2D eigenvalue weighted by molar-refractivity contribution is -0.127. The molecule has 144 valence electrons.